The number of alkyl halides is 3. The number of anilines is 2. The van der Waals surface area contributed by atoms with E-state index in [9.17, 15) is 13.2 Å². The van der Waals surface area contributed by atoms with Crippen LogP contribution in [0, 0.1) is 5.41 Å². The van der Waals surface area contributed by atoms with Crippen LogP contribution in [0.15, 0.2) is 96.2 Å². The third kappa shape index (κ3) is 8.40. The minimum atomic E-state index is -4.73. The topological polar surface area (TPSA) is 81.5 Å². The van der Waals surface area contributed by atoms with Gasteiger partial charge in [-0.15, -0.1) is 13.2 Å². The molecule has 0 aromatic heterocycles. The van der Waals surface area contributed by atoms with E-state index in [-0.39, 0.29) is 11.5 Å². The molecule has 0 spiro atoms. The van der Waals surface area contributed by atoms with Crippen molar-refractivity contribution in [3.05, 3.63) is 102 Å². The van der Waals surface area contributed by atoms with Gasteiger partial charge in [0.05, 0.1) is 11.9 Å². The number of allylic oxidation sites excluding steroid dienone is 1. The molecule has 10 heteroatoms. The second-order valence-corrected chi connectivity index (χ2v) is 7.18. The largest absolute Gasteiger partial charge is 0.573 e. The summed E-state index contributed by atoms with van der Waals surface area (Å²) >= 11 is 5.18. The normalized spacial score (nSPS) is 11.4. The van der Waals surface area contributed by atoms with Crippen LogP contribution in [0.25, 0.3) is 0 Å². The molecular weight excluding hydrogens is 463 g/mol. The van der Waals surface area contributed by atoms with E-state index in [1.54, 1.807) is 24.4 Å². The van der Waals surface area contributed by atoms with E-state index in [4.69, 9.17) is 17.6 Å². The summed E-state index contributed by atoms with van der Waals surface area (Å²) < 4.78 is 40.4. The summed E-state index contributed by atoms with van der Waals surface area (Å²) in [7, 11) is 0. The van der Waals surface area contributed by atoms with Gasteiger partial charge in [0.1, 0.15) is 5.75 Å². The summed E-state index contributed by atoms with van der Waals surface area (Å²) in [6.07, 6.45) is -0.0511. The maximum absolute atomic E-state index is 12.2. The highest BCUT2D eigenvalue weighted by Crippen LogP contribution is 2.23. The molecule has 3 aromatic carbocycles. The summed E-state index contributed by atoms with van der Waals surface area (Å²) in [6, 6.07) is 21.9. The van der Waals surface area contributed by atoms with E-state index in [1.807, 2.05) is 42.5 Å². The summed E-state index contributed by atoms with van der Waals surface area (Å²) in [5.74, 6) is -0.303. The number of hydrogen-bond donors (Lipinski definition) is 4. The first-order valence-electron chi connectivity index (χ1n) is 9.91. The highest BCUT2D eigenvalue weighted by molar-refractivity contribution is 7.80. The van der Waals surface area contributed by atoms with Gasteiger partial charge in [-0.2, -0.15) is 5.10 Å². The number of nitrogens with zero attached hydrogens (tertiary/aromatic N) is 1. The molecule has 3 rings (SSSR count). The second-order valence-electron chi connectivity index (χ2n) is 6.78. The molecule has 34 heavy (non-hydrogen) atoms. The molecule has 0 heterocycles. The Kier molecular flexibility index (Phi) is 8.36. The second kappa shape index (κ2) is 11.6. The minimum Gasteiger partial charge on any atom is -0.406 e. The molecule has 0 radical (unpaired) electrons. The van der Waals surface area contributed by atoms with Gasteiger partial charge in [0, 0.05) is 17.6 Å². The molecule has 3 aromatic rings. The smallest absolute Gasteiger partial charge is 0.406 e. The van der Waals surface area contributed by atoms with Crippen LogP contribution >= 0.6 is 12.2 Å². The van der Waals surface area contributed by atoms with Gasteiger partial charge in [-0.1, -0.05) is 42.5 Å². The van der Waals surface area contributed by atoms with Crippen molar-refractivity contribution in [1.82, 2.24) is 5.43 Å². The first kappa shape index (κ1) is 24.5. The Balaban J connectivity index is 1.46. The summed E-state index contributed by atoms with van der Waals surface area (Å²) in [5.41, 5.74) is 5.89. The number of para-hydroxylation sites is 1. The highest BCUT2D eigenvalue weighted by Gasteiger charge is 2.30. The van der Waals surface area contributed by atoms with Crippen molar-refractivity contribution in [3.8, 4) is 5.75 Å². The average Bonchev–Trinajstić information content (AvgIpc) is 2.80. The third-order valence-corrected chi connectivity index (χ3v) is 4.41. The predicted molar refractivity (Wildman–Crippen MR) is 133 cm³/mol. The molecule has 174 valence electrons. The van der Waals surface area contributed by atoms with Gasteiger partial charge in [-0.25, -0.2) is 0 Å². The number of hydrazone groups is 1. The maximum atomic E-state index is 12.2. The van der Waals surface area contributed by atoms with E-state index in [2.05, 4.69) is 25.9 Å². The van der Waals surface area contributed by atoms with E-state index >= 15 is 0 Å². The zero-order valence-corrected chi connectivity index (χ0v) is 18.5. The molecule has 0 amide bonds. The van der Waals surface area contributed by atoms with Crippen molar-refractivity contribution >= 4 is 40.6 Å². The SMILES string of the molecule is N=C(/C=C\Nc1ccc(OC(F)(F)F)cc1)c1ccc(/C=N/NC(=S)Nc2ccccc2)cc1. The molecule has 0 aliphatic carbocycles. The number of thiocarbonyl (C=S) groups is 1. The minimum absolute atomic E-state index is 0.249. The molecule has 0 saturated heterocycles. The maximum Gasteiger partial charge on any atom is 0.573 e. The third-order valence-electron chi connectivity index (χ3n) is 4.22. The standard InChI is InChI=1S/C24H20F3N5OS/c25-24(26,27)33-21-12-10-19(11-13-21)29-15-14-22(28)18-8-6-17(7-9-18)16-30-32-23(34)31-20-4-2-1-3-5-20/h1-16,28-29H,(H2,31,32,34)/b15-14-,28-22?,30-16+. The molecule has 0 atom stereocenters. The number of ether oxygens (including phenoxy) is 1. The lowest BCUT2D eigenvalue weighted by Crippen LogP contribution is -2.23. The number of halogens is 3. The van der Waals surface area contributed by atoms with Gasteiger partial charge < -0.3 is 20.8 Å². The van der Waals surface area contributed by atoms with Gasteiger partial charge in [0.25, 0.3) is 0 Å². The summed E-state index contributed by atoms with van der Waals surface area (Å²) in [4.78, 5) is 0. The molecule has 0 aliphatic rings. The van der Waals surface area contributed by atoms with Crippen molar-refractivity contribution in [2.45, 2.75) is 6.36 Å². The zero-order valence-electron chi connectivity index (χ0n) is 17.6. The lowest BCUT2D eigenvalue weighted by molar-refractivity contribution is -0.274. The van der Waals surface area contributed by atoms with Crippen LogP contribution in [0.4, 0.5) is 24.5 Å². The first-order chi connectivity index (χ1) is 16.3. The van der Waals surface area contributed by atoms with Crippen LogP contribution in [0.5, 0.6) is 5.75 Å². The van der Waals surface area contributed by atoms with Gasteiger partial charge in [0.2, 0.25) is 0 Å². The van der Waals surface area contributed by atoms with Crippen molar-refractivity contribution in [2.75, 3.05) is 10.6 Å². The molecule has 6 nitrogen and oxygen atoms in total. The highest BCUT2D eigenvalue weighted by atomic mass is 32.1. The Bertz CT molecular complexity index is 1160. The molecule has 0 aliphatic heterocycles. The van der Waals surface area contributed by atoms with Gasteiger partial charge >= 0.3 is 6.36 Å². The van der Waals surface area contributed by atoms with Crippen molar-refractivity contribution < 1.29 is 17.9 Å². The van der Waals surface area contributed by atoms with Crippen molar-refractivity contribution in [1.29, 1.82) is 5.41 Å². The van der Waals surface area contributed by atoms with Crippen LogP contribution < -0.4 is 20.8 Å². The number of nitrogens with one attached hydrogen (secondary N) is 4. The molecule has 0 fully saturated rings. The van der Waals surface area contributed by atoms with Gasteiger partial charge in [-0.3, -0.25) is 5.43 Å². The van der Waals surface area contributed by atoms with E-state index in [0.29, 0.717) is 16.4 Å². The van der Waals surface area contributed by atoms with Crippen LogP contribution in [0.3, 0.4) is 0 Å². The zero-order chi connectivity index (χ0) is 24.4. The number of benzene rings is 3. The monoisotopic (exact) mass is 483 g/mol. The fraction of sp³-hybridized carbons (Fsp3) is 0.0417. The van der Waals surface area contributed by atoms with Crippen LogP contribution in [-0.4, -0.2) is 23.4 Å². The van der Waals surface area contributed by atoms with Gasteiger partial charge in [0.15, 0.2) is 5.11 Å². The van der Waals surface area contributed by atoms with E-state index in [1.165, 1.54) is 30.5 Å². The first-order valence-corrected chi connectivity index (χ1v) is 10.3. The molecule has 0 unspecified atom stereocenters. The van der Waals surface area contributed by atoms with Crippen molar-refractivity contribution in [2.24, 2.45) is 5.10 Å². The van der Waals surface area contributed by atoms with Crippen LogP contribution in [0.1, 0.15) is 11.1 Å². The molecule has 0 saturated carbocycles. The summed E-state index contributed by atoms with van der Waals surface area (Å²) in [5, 5.41) is 18.5. The van der Waals surface area contributed by atoms with Gasteiger partial charge in [-0.05, 0) is 65.8 Å². The lowest BCUT2D eigenvalue weighted by Gasteiger charge is -2.09. The Morgan fingerprint density at radius 1 is 0.912 bits per heavy atom. The molecule has 4 N–H and O–H groups in total. The number of hydrogen-bond acceptors (Lipinski definition) is 5. The Morgan fingerprint density at radius 3 is 2.24 bits per heavy atom. The van der Waals surface area contributed by atoms with Crippen LogP contribution in [-0.2, 0) is 0 Å². The number of rotatable bonds is 8. The fourth-order valence-corrected chi connectivity index (χ4v) is 2.84. The Morgan fingerprint density at radius 2 is 1.59 bits per heavy atom. The van der Waals surface area contributed by atoms with Crippen LogP contribution in [0.2, 0.25) is 0 Å². The lowest BCUT2D eigenvalue weighted by atomic mass is 10.1. The average molecular weight is 484 g/mol. The predicted octanol–water partition coefficient (Wildman–Crippen LogP) is 5.90. The quantitative estimate of drug-likeness (QED) is 0.182. The molecule has 0 bridgehead atoms. The summed E-state index contributed by atoms with van der Waals surface area (Å²) in [6.45, 7) is 0. The van der Waals surface area contributed by atoms with E-state index in [0.717, 1.165) is 11.3 Å². The molecular formula is C24H20F3N5OS. The fourth-order valence-electron chi connectivity index (χ4n) is 2.66. The Labute approximate surface area is 199 Å². The van der Waals surface area contributed by atoms with E-state index < -0.39 is 6.36 Å². The Hall–Kier alpha value is -4.18. The van der Waals surface area contributed by atoms with Crippen molar-refractivity contribution in [3.63, 3.8) is 0 Å².